The molecule has 0 saturated heterocycles. The average molecular weight is 239 g/mol. The van der Waals surface area contributed by atoms with Gasteiger partial charge in [-0.2, -0.15) is 0 Å². The Hall–Kier alpha value is -2.49. The van der Waals surface area contributed by atoms with Gasteiger partial charge >= 0.3 is 0 Å². The van der Waals surface area contributed by atoms with Gasteiger partial charge in [0.1, 0.15) is 11.4 Å². The van der Waals surface area contributed by atoms with Crippen LogP contribution >= 0.6 is 0 Å². The Kier molecular flexibility index (Phi) is 2.41. The second-order valence-corrected chi connectivity index (χ2v) is 4.14. The van der Waals surface area contributed by atoms with Crippen LogP contribution in [0, 0.1) is 0 Å². The number of rotatable bonds is 2. The molecule has 1 heterocycles. The van der Waals surface area contributed by atoms with Crippen molar-refractivity contribution in [2.75, 3.05) is 5.73 Å². The van der Waals surface area contributed by atoms with Crippen LogP contribution in [0.15, 0.2) is 48.7 Å². The zero-order valence-corrected chi connectivity index (χ0v) is 10.00. The first-order valence-electron chi connectivity index (χ1n) is 5.69. The molecule has 0 amide bonds. The molecule has 0 aliphatic rings. The van der Waals surface area contributed by atoms with Crippen molar-refractivity contribution in [3.05, 3.63) is 48.7 Å². The smallest absolute Gasteiger partial charge is 0.261 e. The molecule has 4 nitrogen and oxygen atoms in total. The lowest BCUT2D eigenvalue weighted by Gasteiger charge is -2.06. The fourth-order valence-electron chi connectivity index (χ4n) is 1.95. The standard InChI is InChI=1S/C14H13N3O/c1-17-9-12(15)14(16-17)18-13-8-4-6-10-5-2-3-7-11(10)13/h2-9H,15H2,1H3. The average Bonchev–Trinajstić information content (AvgIpc) is 2.68. The lowest BCUT2D eigenvalue weighted by Crippen LogP contribution is -1.91. The summed E-state index contributed by atoms with van der Waals surface area (Å²) in [7, 11) is 1.81. The van der Waals surface area contributed by atoms with Gasteiger partial charge in [-0.15, -0.1) is 5.10 Å². The van der Waals surface area contributed by atoms with Crippen LogP contribution in [0.4, 0.5) is 5.69 Å². The fraction of sp³-hybridized carbons (Fsp3) is 0.0714. The molecule has 0 radical (unpaired) electrons. The van der Waals surface area contributed by atoms with Crippen LogP contribution in [0.3, 0.4) is 0 Å². The van der Waals surface area contributed by atoms with E-state index in [-0.39, 0.29) is 0 Å². The van der Waals surface area contributed by atoms with Crippen molar-refractivity contribution in [2.24, 2.45) is 7.05 Å². The summed E-state index contributed by atoms with van der Waals surface area (Å²) in [6.45, 7) is 0. The van der Waals surface area contributed by atoms with E-state index in [0.717, 1.165) is 16.5 Å². The molecule has 2 aromatic carbocycles. The van der Waals surface area contributed by atoms with E-state index in [1.165, 1.54) is 0 Å². The first kappa shape index (κ1) is 10.7. The maximum absolute atomic E-state index is 5.82. The molecule has 4 heteroatoms. The first-order chi connectivity index (χ1) is 8.74. The van der Waals surface area contributed by atoms with E-state index < -0.39 is 0 Å². The summed E-state index contributed by atoms with van der Waals surface area (Å²) < 4.78 is 7.42. The Balaban J connectivity index is 2.07. The minimum absolute atomic E-state index is 0.439. The molecule has 1 aromatic heterocycles. The second kappa shape index (κ2) is 4.07. The highest BCUT2D eigenvalue weighted by Crippen LogP contribution is 2.31. The van der Waals surface area contributed by atoms with Crippen LogP contribution in [0.2, 0.25) is 0 Å². The zero-order chi connectivity index (χ0) is 12.5. The molecule has 18 heavy (non-hydrogen) atoms. The van der Waals surface area contributed by atoms with Gasteiger partial charge in [-0.25, -0.2) is 0 Å². The van der Waals surface area contributed by atoms with Crippen molar-refractivity contribution < 1.29 is 4.74 Å². The van der Waals surface area contributed by atoms with Crippen LogP contribution in [-0.4, -0.2) is 9.78 Å². The lowest BCUT2D eigenvalue weighted by molar-refractivity contribution is 0.461. The summed E-state index contributed by atoms with van der Waals surface area (Å²) in [5, 5.41) is 6.36. The van der Waals surface area contributed by atoms with Gasteiger partial charge in [0, 0.05) is 12.4 Å². The van der Waals surface area contributed by atoms with Crippen molar-refractivity contribution in [1.82, 2.24) is 9.78 Å². The first-order valence-corrected chi connectivity index (χ1v) is 5.69. The fourth-order valence-corrected chi connectivity index (χ4v) is 1.95. The summed E-state index contributed by atoms with van der Waals surface area (Å²) in [4.78, 5) is 0. The largest absolute Gasteiger partial charge is 0.435 e. The second-order valence-electron chi connectivity index (χ2n) is 4.14. The van der Waals surface area contributed by atoms with Crippen LogP contribution in [-0.2, 0) is 7.05 Å². The molecule has 3 aromatic rings. The number of hydrogen-bond acceptors (Lipinski definition) is 3. The third kappa shape index (κ3) is 1.78. The Morgan fingerprint density at radius 2 is 1.89 bits per heavy atom. The molecule has 2 N–H and O–H groups in total. The summed E-state index contributed by atoms with van der Waals surface area (Å²) in [5.41, 5.74) is 6.36. The van der Waals surface area contributed by atoms with Crippen molar-refractivity contribution in [1.29, 1.82) is 0 Å². The van der Waals surface area contributed by atoms with Crippen molar-refractivity contribution in [3.63, 3.8) is 0 Å². The number of hydrogen-bond donors (Lipinski definition) is 1. The van der Waals surface area contributed by atoms with Gasteiger partial charge in [0.05, 0.1) is 6.20 Å². The van der Waals surface area contributed by atoms with Gasteiger partial charge in [0.25, 0.3) is 5.88 Å². The molecule has 0 atom stereocenters. The number of anilines is 1. The van der Waals surface area contributed by atoms with Crippen molar-refractivity contribution >= 4 is 16.5 Å². The number of nitrogens with zero attached hydrogens (tertiary/aromatic N) is 2. The van der Waals surface area contributed by atoms with Crippen molar-refractivity contribution in [2.45, 2.75) is 0 Å². The summed E-state index contributed by atoms with van der Waals surface area (Å²) >= 11 is 0. The van der Waals surface area contributed by atoms with Gasteiger partial charge in [-0.05, 0) is 11.5 Å². The van der Waals surface area contributed by atoms with Crippen molar-refractivity contribution in [3.8, 4) is 11.6 Å². The quantitative estimate of drug-likeness (QED) is 0.748. The van der Waals surface area contributed by atoms with E-state index in [2.05, 4.69) is 5.10 Å². The number of aromatic nitrogens is 2. The van der Waals surface area contributed by atoms with Crippen LogP contribution < -0.4 is 10.5 Å². The predicted octanol–water partition coefficient (Wildman–Crippen LogP) is 2.95. The van der Waals surface area contributed by atoms with E-state index in [1.807, 2.05) is 49.5 Å². The zero-order valence-electron chi connectivity index (χ0n) is 10.00. The number of benzene rings is 2. The topological polar surface area (TPSA) is 53.1 Å². The van der Waals surface area contributed by atoms with E-state index in [9.17, 15) is 0 Å². The molecule has 0 unspecified atom stereocenters. The third-order valence-corrected chi connectivity index (χ3v) is 2.78. The van der Waals surface area contributed by atoms with Crippen LogP contribution in [0.25, 0.3) is 10.8 Å². The predicted molar refractivity (Wildman–Crippen MR) is 71.6 cm³/mol. The Labute approximate surface area is 105 Å². The van der Waals surface area contributed by atoms with E-state index >= 15 is 0 Å². The maximum atomic E-state index is 5.82. The molecule has 0 aliphatic carbocycles. The number of fused-ring (bicyclic) bond motifs is 1. The van der Waals surface area contributed by atoms with Gasteiger partial charge in [0.2, 0.25) is 0 Å². The third-order valence-electron chi connectivity index (χ3n) is 2.78. The summed E-state index contributed by atoms with van der Waals surface area (Å²) in [6.07, 6.45) is 1.72. The molecular weight excluding hydrogens is 226 g/mol. The molecule has 0 aliphatic heterocycles. The number of nitrogens with two attached hydrogens (primary N) is 1. The van der Waals surface area contributed by atoms with E-state index in [1.54, 1.807) is 10.9 Å². The SMILES string of the molecule is Cn1cc(N)c(Oc2cccc3ccccc23)n1. The van der Waals surface area contributed by atoms with E-state index in [4.69, 9.17) is 10.5 Å². The molecule has 3 rings (SSSR count). The minimum atomic E-state index is 0.439. The number of ether oxygens (including phenoxy) is 1. The molecule has 0 saturated carbocycles. The minimum Gasteiger partial charge on any atom is -0.435 e. The molecule has 0 bridgehead atoms. The lowest BCUT2D eigenvalue weighted by atomic mass is 10.1. The van der Waals surface area contributed by atoms with Gasteiger partial charge in [0.15, 0.2) is 0 Å². The molecule has 0 spiro atoms. The summed E-state index contributed by atoms with van der Waals surface area (Å²) in [6, 6.07) is 14.0. The monoisotopic (exact) mass is 239 g/mol. The van der Waals surface area contributed by atoms with Gasteiger partial charge in [-0.1, -0.05) is 36.4 Å². The van der Waals surface area contributed by atoms with Gasteiger partial charge in [-0.3, -0.25) is 4.68 Å². The number of nitrogen functional groups attached to an aromatic ring is 1. The Morgan fingerprint density at radius 1 is 1.11 bits per heavy atom. The maximum Gasteiger partial charge on any atom is 0.261 e. The van der Waals surface area contributed by atoms with Gasteiger partial charge < -0.3 is 10.5 Å². The molecule has 0 fully saturated rings. The highest BCUT2D eigenvalue weighted by Gasteiger charge is 2.08. The molecule has 90 valence electrons. The highest BCUT2D eigenvalue weighted by molar-refractivity contribution is 5.88. The highest BCUT2D eigenvalue weighted by atomic mass is 16.5. The van der Waals surface area contributed by atoms with E-state index in [0.29, 0.717) is 11.6 Å². The molecular formula is C14H13N3O. The Bertz CT molecular complexity index is 698. The van der Waals surface area contributed by atoms with Crippen LogP contribution in [0.1, 0.15) is 0 Å². The number of aryl methyl sites for hydroxylation is 1. The summed E-state index contributed by atoms with van der Waals surface area (Å²) in [5.74, 6) is 1.20. The Morgan fingerprint density at radius 3 is 2.67 bits per heavy atom. The normalized spacial score (nSPS) is 10.7. The van der Waals surface area contributed by atoms with Crippen LogP contribution in [0.5, 0.6) is 11.6 Å².